The largest absolute Gasteiger partial charge is 0.467 e. The van der Waals surface area contributed by atoms with Crippen LogP contribution in [0.25, 0.3) is 6.08 Å². The van der Waals surface area contributed by atoms with Crippen molar-refractivity contribution in [2.45, 2.75) is 71.1 Å². The number of rotatable bonds is 12. The van der Waals surface area contributed by atoms with E-state index in [1.54, 1.807) is 6.08 Å². The molecular weight excluding hydrogens is 496 g/mol. The number of hydrogen-bond donors (Lipinski definition) is 1. The maximum Gasteiger partial charge on any atom is 0.407 e. The topological polar surface area (TPSA) is 94.2 Å². The highest BCUT2D eigenvalue weighted by Gasteiger charge is 2.45. The lowest BCUT2D eigenvalue weighted by molar-refractivity contribution is -0.152. The van der Waals surface area contributed by atoms with Crippen LogP contribution in [0.1, 0.15) is 64.0 Å². The molecule has 2 rings (SSSR count). The van der Waals surface area contributed by atoms with Gasteiger partial charge in [-0.15, -0.1) is 6.58 Å². The van der Waals surface area contributed by atoms with Gasteiger partial charge >= 0.3 is 12.1 Å². The van der Waals surface area contributed by atoms with E-state index < -0.39 is 41.6 Å². The van der Waals surface area contributed by atoms with Crippen LogP contribution in [0, 0.1) is 17.3 Å². The number of nitrogens with zero attached hydrogens (tertiary/aromatic N) is 1. The van der Waals surface area contributed by atoms with Crippen LogP contribution >= 0.6 is 0 Å². The zero-order chi connectivity index (χ0) is 28.8. The van der Waals surface area contributed by atoms with E-state index in [0.29, 0.717) is 0 Å². The summed E-state index contributed by atoms with van der Waals surface area (Å²) in [7, 11) is 1.29. The Balaban J connectivity index is 2.04. The van der Waals surface area contributed by atoms with Gasteiger partial charge in [-0.3, -0.25) is 4.79 Å². The number of allylic oxidation sites excluding steroid dienone is 1. The van der Waals surface area contributed by atoms with E-state index in [1.807, 2.05) is 51.1 Å². The van der Waals surface area contributed by atoms with Gasteiger partial charge in [0.2, 0.25) is 5.91 Å². The highest BCUT2D eigenvalue weighted by Crippen LogP contribution is 2.27. The molecule has 1 aliphatic heterocycles. The van der Waals surface area contributed by atoms with Crippen molar-refractivity contribution < 1.29 is 28.6 Å². The summed E-state index contributed by atoms with van der Waals surface area (Å²) in [6, 6.07) is 5.92. The molecule has 1 fully saturated rings. The molecule has 8 nitrogen and oxygen atoms in total. The summed E-state index contributed by atoms with van der Waals surface area (Å²) in [6.07, 6.45) is 6.35. The molecule has 0 unspecified atom stereocenters. The molecule has 1 aliphatic rings. The zero-order valence-electron chi connectivity index (χ0n) is 23.7. The lowest BCUT2D eigenvalue weighted by Gasteiger charge is -2.34. The van der Waals surface area contributed by atoms with Gasteiger partial charge in [0.25, 0.3) is 0 Å². The number of carbonyl (C=O) groups excluding carboxylic acids is 3. The van der Waals surface area contributed by atoms with Gasteiger partial charge in [0.15, 0.2) is 0 Å². The number of methoxy groups -OCH3 is 1. The van der Waals surface area contributed by atoms with E-state index in [0.717, 1.165) is 36.8 Å². The van der Waals surface area contributed by atoms with E-state index >= 15 is 0 Å². The zero-order valence-corrected chi connectivity index (χ0v) is 23.7. The Kier molecular flexibility index (Phi) is 12.8. The molecule has 0 radical (unpaired) electrons. The summed E-state index contributed by atoms with van der Waals surface area (Å²) in [4.78, 5) is 40.2. The summed E-state index contributed by atoms with van der Waals surface area (Å²) >= 11 is 0. The van der Waals surface area contributed by atoms with Crippen LogP contribution < -0.4 is 5.32 Å². The highest BCUT2D eigenvalue weighted by molar-refractivity contribution is 5.91. The van der Waals surface area contributed by atoms with Gasteiger partial charge in [0.05, 0.1) is 19.8 Å². The van der Waals surface area contributed by atoms with E-state index in [-0.39, 0.29) is 26.2 Å². The average Bonchev–Trinajstić information content (AvgIpc) is 3.34. The third-order valence-electron chi connectivity index (χ3n) is 6.47. The minimum Gasteiger partial charge on any atom is -0.467 e. The Bertz CT molecular complexity index is 1060. The average molecular weight is 539 g/mol. The number of benzene rings is 1. The Morgan fingerprint density at radius 3 is 2.59 bits per heavy atom. The number of esters is 1. The first-order valence-corrected chi connectivity index (χ1v) is 13.4. The lowest BCUT2D eigenvalue weighted by atomic mass is 9.85. The Morgan fingerprint density at radius 1 is 1.18 bits per heavy atom. The van der Waals surface area contributed by atoms with E-state index in [2.05, 4.69) is 30.3 Å². The van der Waals surface area contributed by atoms with Crippen molar-refractivity contribution in [3.63, 3.8) is 0 Å². The number of hydrogen-bond acceptors (Lipinski definition) is 6. The summed E-state index contributed by atoms with van der Waals surface area (Å²) in [5, 5.41) is 2.72. The van der Waals surface area contributed by atoms with Crippen molar-refractivity contribution in [1.82, 2.24) is 10.2 Å². The maximum absolute atomic E-state index is 13.7. The van der Waals surface area contributed by atoms with Crippen molar-refractivity contribution in [2.75, 3.05) is 26.9 Å². The molecule has 1 aromatic rings. The molecular formula is C31H42N2O6. The van der Waals surface area contributed by atoms with Crippen LogP contribution in [0.4, 0.5) is 4.79 Å². The van der Waals surface area contributed by atoms with Crippen molar-refractivity contribution in [3.05, 3.63) is 54.6 Å². The van der Waals surface area contributed by atoms with E-state index in [1.165, 1.54) is 12.0 Å². The molecule has 0 bridgehead atoms. The molecule has 0 aromatic heterocycles. The Morgan fingerprint density at radius 2 is 1.92 bits per heavy atom. The van der Waals surface area contributed by atoms with Crippen LogP contribution in [-0.2, 0) is 23.8 Å². The molecule has 1 saturated heterocycles. The quantitative estimate of drug-likeness (QED) is 0.179. The van der Waals surface area contributed by atoms with Gasteiger partial charge in [0.1, 0.15) is 18.7 Å². The fraction of sp³-hybridized carbons (Fsp3) is 0.516. The highest BCUT2D eigenvalue weighted by atomic mass is 16.5. The Hall–Kier alpha value is -3.57. The SMILES string of the molecule is C=CCCCCCOC(=O)N[C@H](C(=O)N1C[C@H](OCC#Cc2ccccc2C=C)C[C@H]1C(=O)OC)C(C)(C)C. The number of unbranched alkanes of at least 4 members (excludes halogenated alkanes) is 3. The van der Waals surface area contributed by atoms with Gasteiger partial charge in [-0.05, 0) is 42.7 Å². The van der Waals surface area contributed by atoms with Crippen molar-refractivity contribution in [3.8, 4) is 11.8 Å². The fourth-order valence-corrected chi connectivity index (χ4v) is 4.31. The minimum absolute atomic E-state index is 0.131. The van der Waals surface area contributed by atoms with Crippen LogP contribution in [0.15, 0.2) is 43.5 Å². The predicted molar refractivity (Wildman–Crippen MR) is 152 cm³/mol. The molecule has 2 amide bonds. The van der Waals surface area contributed by atoms with Crippen molar-refractivity contribution in [2.24, 2.45) is 5.41 Å². The van der Waals surface area contributed by atoms with Gasteiger partial charge in [-0.1, -0.05) is 69.5 Å². The predicted octanol–water partition coefficient (Wildman–Crippen LogP) is 4.73. The van der Waals surface area contributed by atoms with Crippen LogP contribution in [0.5, 0.6) is 0 Å². The van der Waals surface area contributed by atoms with Crippen molar-refractivity contribution in [1.29, 1.82) is 0 Å². The van der Waals surface area contributed by atoms with Gasteiger partial charge in [-0.25, -0.2) is 9.59 Å². The number of alkyl carbamates (subject to hydrolysis) is 1. The number of nitrogens with one attached hydrogen (secondary N) is 1. The number of amides is 2. The molecule has 1 heterocycles. The first-order valence-electron chi connectivity index (χ1n) is 13.4. The van der Waals surface area contributed by atoms with Gasteiger partial charge in [-0.2, -0.15) is 0 Å². The smallest absolute Gasteiger partial charge is 0.407 e. The molecule has 0 spiro atoms. The second-order valence-corrected chi connectivity index (χ2v) is 10.5. The second kappa shape index (κ2) is 15.7. The van der Waals surface area contributed by atoms with Crippen LogP contribution in [-0.4, -0.2) is 67.9 Å². The second-order valence-electron chi connectivity index (χ2n) is 10.5. The van der Waals surface area contributed by atoms with Crippen LogP contribution in [0.3, 0.4) is 0 Å². The minimum atomic E-state index is -0.910. The molecule has 3 atom stereocenters. The third kappa shape index (κ3) is 9.92. The standard InChI is InChI=1S/C31H42N2O6/c1-7-9-10-11-14-19-39-30(36)32-27(31(3,4)5)28(34)33-22-25(21-26(33)29(35)37-6)38-20-15-18-24-17-13-12-16-23(24)8-2/h7-8,12-13,16-17,25-27H,1-2,9-11,14,19-22H2,3-6H3,(H,32,36)/t25-,26+,27-/m1/s1. The van der Waals surface area contributed by atoms with Gasteiger partial charge < -0.3 is 24.4 Å². The summed E-state index contributed by atoms with van der Waals surface area (Å²) < 4.78 is 16.2. The molecule has 8 heteroatoms. The molecule has 212 valence electrons. The lowest BCUT2D eigenvalue weighted by Crippen LogP contribution is -2.57. The molecule has 39 heavy (non-hydrogen) atoms. The number of ether oxygens (including phenoxy) is 3. The van der Waals surface area contributed by atoms with Crippen LogP contribution in [0.2, 0.25) is 0 Å². The first-order chi connectivity index (χ1) is 18.6. The molecule has 1 N–H and O–H groups in total. The monoisotopic (exact) mass is 538 g/mol. The van der Waals surface area contributed by atoms with Crippen molar-refractivity contribution >= 4 is 24.0 Å². The fourth-order valence-electron chi connectivity index (χ4n) is 4.31. The number of likely N-dealkylation sites (tertiary alicyclic amines) is 1. The number of carbonyl (C=O) groups is 3. The summed E-state index contributed by atoms with van der Waals surface area (Å²) in [5.41, 5.74) is 1.14. The summed E-state index contributed by atoms with van der Waals surface area (Å²) in [5.74, 6) is 5.15. The van der Waals surface area contributed by atoms with Gasteiger partial charge in [0, 0.05) is 18.5 Å². The molecule has 0 aliphatic carbocycles. The third-order valence-corrected chi connectivity index (χ3v) is 6.47. The van der Waals surface area contributed by atoms with E-state index in [9.17, 15) is 14.4 Å². The Labute approximate surface area is 232 Å². The normalized spacial score (nSPS) is 17.4. The summed E-state index contributed by atoms with van der Waals surface area (Å²) in [6.45, 7) is 13.6. The molecule has 1 aromatic carbocycles. The first kappa shape index (κ1) is 31.6. The maximum atomic E-state index is 13.7. The molecule has 0 saturated carbocycles. The van der Waals surface area contributed by atoms with E-state index in [4.69, 9.17) is 14.2 Å².